The van der Waals surface area contributed by atoms with E-state index in [0.717, 1.165) is 0 Å². The van der Waals surface area contributed by atoms with Gasteiger partial charge in [0.15, 0.2) is 0 Å². The van der Waals surface area contributed by atoms with Gasteiger partial charge in [0.1, 0.15) is 0 Å². The van der Waals surface area contributed by atoms with Gasteiger partial charge < -0.3 is 15.3 Å². The number of anilines is 1. The van der Waals surface area contributed by atoms with Gasteiger partial charge in [-0.15, -0.1) is 0 Å². The largest absolute Gasteiger partial charge is 0.391 e. The lowest BCUT2D eigenvalue weighted by Crippen LogP contribution is -2.25. The van der Waals surface area contributed by atoms with Crippen LogP contribution >= 0.6 is 0 Å². The molecule has 1 atom stereocenters. The fraction of sp³-hybridized carbons (Fsp3) is 0.333. The molecule has 0 aromatic heterocycles. The van der Waals surface area contributed by atoms with Crippen molar-refractivity contribution in [3.63, 3.8) is 0 Å². The van der Waals surface area contributed by atoms with Gasteiger partial charge >= 0.3 is 0 Å². The van der Waals surface area contributed by atoms with E-state index in [-0.39, 0.29) is 18.2 Å². The SMILES string of the molecule is CNC(=O)c1ccc(N2CC(O)CC2=O)cc1. The molecule has 1 unspecified atom stereocenters. The van der Waals surface area contributed by atoms with Crippen LogP contribution in [-0.4, -0.2) is 36.6 Å². The molecular formula is C12H14N2O3. The van der Waals surface area contributed by atoms with Crippen LogP contribution < -0.4 is 10.2 Å². The van der Waals surface area contributed by atoms with Gasteiger partial charge in [-0.05, 0) is 24.3 Å². The highest BCUT2D eigenvalue weighted by molar-refractivity contribution is 5.97. The van der Waals surface area contributed by atoms with Crippen LogP contribution in [0.15, 0.2) is 24.3 Å². The number of β-amino-alcohol motifs (C(OH)–C–C–N with tert-alkyl or cyclic N) is 1. The minimum absolute atomic E-state index is 0.0924. The summed E-state index contributed by atoms with van der Waals surface area (Å²) in [6.07, 6.45) is -0.432. The van der Waals surface area contributed by atoms with E-state index in [4.69, 9.17) is 0 Å². The Kier molecular flexibility index (Phi) is 3.10. The van der Waals surface area contributed by atoms with E-state index < -0.39 is 6.10 Å². The van der Waals surface area contributed by atoms with E-state index in [2.05, 4.69) is 5.32 Å². The van der Waals surface area contributed by atoms with Crippen molar-refractivity contribution in [1.82, 2.24) is 5.32 Å². The third-order valence-corrected chi connectivity index (χ3v) is 2.77. The first-order valence-electron chi connectivity index (χ1n) is 5.42. The van der Waals surface area contributed by atoms with E-state index in [9.17, 15) is 14.7 Å². The molecule has 1 aliphatic rings. The summed E-state index contributed by atoms with van der Waals surface area (Å²) in [4.78, 5) is 24.4. The standard InChI is InChI=1S/C12H14N2O3/c1-13-12(17)8-2-4-9(5-3-8)14-7-10(15)6-11(14)16/h2-5,10,15H,6-7H2,1H3,(H,13,17). The molecule has 1 heterocycles. The molecule has 1 aromatic carbocycles. The summed E-state index contributed by atoms with van der Waals surface area (Å²) in [6, 6.07) is 6.74. The van der Waals surface area contributed by atoms with Crippen LogP contribution in [0.2, 0.25) is 0 Å². The summed E-state index contributed by atoms with van der Waals surface area (Å²) < 4.78 is 0. The Morgan fingerprint density at radius 1 is 1.41 bits per heavy atom. The first kappa shape index (κ1) is 11.6. The molecule has 0 bridgehead atoms. The molecule has 2 amide bonds. The smallest absolute Gasteiger partial charge is 0.251 e. The number of carbonyl (C=O) groups excluding carboxylic acids is 2. The van der Waals surface area contributed by atoms with E-state index in [0.29, 0.717) is 17.8 Å². The molecule has 1 aromatic rings. The van der Waals surface area contributed by atoms with Crippen molar-refractivity contribution in [3.8, 4) is 0 Å². The second-order valence-electron chi connectivity index (χ2n) is 3.99. The second kappa shape index (κ2) is 4.55. The zero-order valence-corrected chi connectivity index (χ0v) is 9.51. The normalized spacial score (nSPS) is 19.5. The molecule has 0 spiro atoms. The summed E-state index contributed by atoms with van der Waals surface area (Å²) in [5.74, 6) is -0.255. The molecule has 2 N–H and O–H groups in total. The molecule has 1 aliphatic heterocycles. The van der Waals surface area contributed by atoms with Gasteiger partial charge in [0.2, 0.25) is 5.91 Å². The fourth-order valence-electron chi connectivity index (χ4n) is 1.88. The monoisotopic (exact) mass is 234 g/mol. The maximum absolute atomic E-state index is 11.5. The van der Waals surface area contributed by atoms with Crippen molar-refractivity contribution in [3.05, 3.63) is 29.8 Å². The van der Waals surface area contributed by atoms with Crippen LogP contribution in [0.1, 0.15) is 16.8 Å². The average molecular weight is 234 g/mol. The average Bonchev–Trinajstić information content (AvgIpc) is 2.68. The zero-order chi connectivity index (χ0) is 12.4. The van der Waals surface area contributed by atoms with Crippen LogP contribution in [-0.2, 0) is 4.79 Å². The lowest BCUT2D eigenvalue weighted by atomic mass is 10.2. The number of nitrogens with one attached hydrogen (secondary N) is 1. The number of hydrogen-bond donors (Lipinski definition) is 2. The van der Waals surface area contributed by atoms with Gasteiger partial charge in [-0.1, -0.05) is 0 Å². The highest BCUT2D eigenvalue weighted by Crippen LogP contribution is 2.21. The van der Waals surface area contributed by atoms with E-state index in [1.165, 1.54) is 4.90 Å². The van der Waals surface area contributed by atoms with E-state index in [1.807, 2.05) is 0 Å². The van der Waals surface area contributed by atoms with Crippen LogP contribution in [0, 0.1) is 0 Å². The third-order valence-electron chi connectivity index (χ3n) is 2.77. The molecule has 1 saturated heterocycles. The first-order chi connectivity index (χ1) is 8.11. The van der Waals surface area contributed by atoms with Crippen LogP contribution in [0.4, 0.5) is 5.69 Å². The third kappa shape index (κ3) is 2.29. The van der Waals surface area contributed by atoms with Gasteiger partial charge in [0.25, 0.3) is 5.91 Å². The molecule has 2 rings (SSSR count). The Morgan fingerprint density at radius 3 is 2.53 bits per heavy atom. The summed E-state index contributed by atoms with van der Waals surface area (Å²) in [5.41, 5.74) is 1.25. The molecule has 0 aliphatic carbocycles. The highest BCUT2D eigenvalue weighted by Gasteiger charge is 2.28. The minimum atomic E-state index is -0.596. The molecule has 5 nitrogen and oxygen atoms in total. The Morgan fingerprint density at radius 2 is 2.06 bits per heavy atom. The van der Waals surface area contributed by atoms with Crippen molar-refractivity contribution in [2.45, 2.75) is 12.5 Å². The number of rotatable bonds is 2. The summed E-state index contributed by atoms with van der Waals surface area (Å²) in [7, 11) is 1.57. The topological polar surface area (TPSA) is 69.6 Å². The van der Waals surface area contributed by atoms with Crippen molar-refractivity contribution >= 4 is 17.5 Å². The minimum Gasteiger partial charge on any atom is -0.391 e. The molecule has 5 heteroatoms. The Hall–Kier alpha value is -1.88. The predicted molar refractivity (Wildman–Crippen MR) is 62.8 cm³/mol. The van der Waals surface area contributed by atoms with E-state index >= 15 is 0 Å². The molecule has 0 saturated carbocycles. The summed E-state index contributed by atoms with van der Waals surface area (Å²) >= 11 is 0. The Balaban J connectivity index is 2.18. The molecular weight excluding hydrogens is 220 g/mol. The Labute approximate surface area is 99.0 Å². The zero-order valence-electron chi connectivity index (χ0n) is 9.51. The van der Waals surface area contributed by atoms with Crippen molar-refractivity contribution < 1.29 is 14.7 Å². The molecule has 1 fully saturated rings. The van der Waals surface area contributed by atoms with Crippen molar-refractivity contribution in [2.24, 2.45) is 0 Å². The van der Waals surface area contributed by atoms with Crippen LogP contribution in [0.3, 0.4) is 0 Å². The van der Waals surface area contributed by atoms with Gasteiger partial charge in [-0.25, -0.2) is 0 Å². The maximum atomic E-state index is 11.5. The number of amides is 2. The lowest BCUT2D eigenvalue weighted by Gasteiger charge is -2.15. The van der Waals surface area contributed by atoms with Gasteiger partial charge in [-0.2, -0.15) is 0 Å². The number of hydrogen-bond acceptors (Lipinski definition) is 3. The number of benzene rings is 1. The summed E-state index contributed by atoms with van der Waals surface area (Å²) in [5, 5.41) is 11.9. The predicted octanol–water partition coefficient (Wildman–Crippen LogP) is 0.144. The number of aliphatic hydroxyl groups excluding tert-OH is 1. The summed E-state index contributed by atoms with van der Waals surface area (Å²) in [6.45, 7) is 0.318. The fourth-order valence-corrected chi connectivity index (χ4v) is 1.88. The van der Waals surface area contributed by atoms with Gasteiger partial charge in [0.05, 0.1) is 19.1 Å². The highest BCUT2D eigenvalue weighted by atomic mass is 16.3. The molecule has 17 heavy (non-hydrogen) atoms. The second-order valence-corrected chi connectivity index (χ2v) is 3.99. The molecule has 0 radical (unpaired) electrons. The number of carbonyl (C=O) groups is 2. The number of aliphatic hydroxyl groups is 1. The first-order valence-corrected chi connectivity index (χ1v) is 5.42. The van der Waals surface area contributed by atoms with Crippen molar-refractivity contribution in [2.75, 3.05) is 18.5 Å². The van der Waals surface area contributed by atoms with Crippen molar-refractivity contribution in [1.29, 1.82) is 0 Å². The van der Waals surface area contributed by atoms with Gasteiger partial charge in [0, 0.05) is 18.3 Å². The lowest BCUT2D eigenvalue weighted by molar-refractivity contribution is -0.117. The maximum Gasteiger partial charge on any atom is 0.251 e. The van der Waals surface area contributed by atoms with Gasteiger partial charge in [-0.3, -0.25) is 9.59 Å². The molecule has 90 valence electrons. The van der Waals surface area contributed by atoms with E-state index in [1.54, 1.807) is 31.3 Å². The van der Waals surface area contributed by atoms with Crippen LogP contribution in [0.25, 0.3) is 0 Å². The quantitative estimate of drug-likeness (QED) is 0.765. The number of nitrogens with zero attached hydrogens (tertiary/aromatic N) is 1. The Bertz CT molecular complexity index is 442. The van der Waals surface area contributed by atoms with Crippen LogP contribution in [0.5, 0.6) is 0 Å².